The molecule has 0 aromatic carbocycles. The van der Waals surface area contributed by atoms with Crippen LogP contribution < -0.4 is 11.1 Å². The Kier molecular flexibility index (Phi) is 7.27. The van der Waals surface area contributed by atoms with Crippen LogP contribution >= 0.6 is 0 Å². The molecule has 206 valence electrons. The Morgan fingerprint density at radius 2 is 1.97 bits per heavy atom. The number of nitrogens with zero attached hydrogens (tertiary/aromatic N) is 6. The van der Waals surface area contributed by atoms with Gasteiger partial charge in [0.05, 0.1) is 17.3 Å². The quantitative estimate of drug-likeness (QED) is 0.243. The molecule has 2 amide bonds. The summed E-state index contributed by atoms with van der Waals surface area (Å²) in [6.07, 6.45) is 7.10. The van der Waals surface area contributed by atoms with Crippen LogP contribution in [0.4, 0.5) is 0 Å². The van der Waals surface area contributed by atoms with E-state index >= 15 is 0 Å². The van der Waals surface area contributed by atoms with Gasteiger partial charge in [-0.1, -0.05) is 25.7 Å². The molecule has 3 N–H and O–H groups in total. The lowest BCUT2D eigenvalue weighted by molar-refractivity contribution is -0.137. The summed E-state index contributed by atoms with van der Waals surface area (Å²) < 4.78 is 9.69. The van der Waals surface area contributed by atoms with Crippen LogP contribution in [0.15, 0.2) is 37.1 Å². The lowest BCUT2D eigenvalue weighted by Gasteiger charge is -2.38. The molecule has 1 aliphatic heterocycles. The molecule has 0 saturated carbocycles. The summed E-state index contributed by atoms with van der Waals surface area (Å²) in [7, 11) is -1.25. The minimum atomic E-state index is -1.25. The summed E-state index contributed by atoms with van der Waals surface area (Å²) in [5.74, 6) is -0.557. The van der Waals surface area contributed by atoms with Gasteiger partial charge in [0.25, 0.3) is 5.91 Å². The Morgan fingerprint density at radius 1 is 1.21 bits per heavy atom. The van der Waals surface area contributed by atoms with Gasteiger partial charge in [0, 0.05) is 46.2 Å². The smallest absolute Gasteiger partial charge is 0.255 e. The number of carbonyl (C=O) groups is 2. The SMILES string of the molecule is Cc1ccc2c(-c3cnc4c(n3)c(C(=O)N[C@H](C)C(=O)N3CC(N)C3)cn4COCC[Si](C)(C)C)ncn2c1. The van der Waals surface area contributed by atoms with Gasteiger partial charge in [-0.25, -0.2) is 15.0 Å². The monoisotopic (exact) mass is 548 g/mol. The highest BCUT2D eigenvalue weighted by Crippen LogP contribution is 2.26. The Labute approximate surface area is 228 Å². The van der Waals surface area contributed by atoms with E-state index in [0.29, 0.717) is 47.8 Å². The van der Waals surface area contributed by atoms with Gasteiger partial charge in [-0.2, -0.15) is 0 Å². The van der Waals surface area contributed by atoms with Crippen LogP contribution in [0.5, 0.6) is 0 Å². The Bertz CT molecular complexity index is 1530. The summed E-state index contributed by atoms with van der Waals surface area (Å²) in [4.78, 5) is 41.9. The highest BCUT2D eigenvalue weighted by molar-refractivity contribution is 6.76. The first kappa shape index (κ1) is 27.0. The maximum Gasteiger partial charge on any atom is 0.255 e. The van der Waals surface area contributed by atoms with Crippen molar-refractivity contribution in [3.8, 4) is 11.4 Å². The van der Waals surface area contributed by atoms with Crippen LogP contribution in [0.1, 0.15) is 22.8 Å². The number of aromatic nitrogens is 5. The maximum atomic E-state index is 13.4. The van der Waals surface area contributed by atoms with E-state index in [9.17, 15) is 9.59 Å². The number of carbonyl (C=O) groups excluding carboxylic acids is 2. The number of nitrogens with one attached hydrogen (secondary N) is 1. The van der Waals surface area contributed by atoms with E-state index in [1.165, 1.54) is 0 Å². The van der Waals surface area contributed by atoms with Crippen molar-refractivity contribution in [3.63, 3.8) is 0 Å². The number of imidazole rings is 1. The molecule has 0 unspecified atom stereocenters. The van der Waals surface area contributed by atoms with Crippen molar-refractivity contribution in [3.05, 3.63) is 48.2 Å². The molecular weight excluding hydrogens is 512 g/mol. The van der Waals surface area contributed by atoms with Crippen molar-refractivity contribution in [2.45, 2.75) is 58.3 Å². The lowest BCUT2D eigenvalue weighted by atomic mass is 10.1. The first-order valence-corrected chi connectivity index (χ1v) is 16.9. The predicted octanol–water partition coefficient (Wildman–Crippen LogP) is 2.65. The minimum Gasteiger partial charge on any atom is -0.361 e. The van der Waals surface area contributed by atoms with Gasteiger partial charge in [0.15, 0.2) is 5.65 Å². The van der Waals surface area contributed by atoms with E-state index in [-0.39, 0.29) is 18.7 Å². The number of rotatable bonds is 9. The molecule has 1 fully saturated rings. The van der Waals surface area contributed by atoms with Gasteiger partial charge in [-0.15, -0.1) is 0 Å². The lowest BCUT2D eigenvalue weighted by Crippen LogP contribution is -2.61. The third-order valence-corrected chi connectivity index (χ3v) is 8.60. The van der Waals surface area contributed by atoms with Crippen molar-refractivity contribution in [1.29, 1.82) is 0 Å². The highest BCUT2D eigenvalue weighted by Gasteiger charge is 2.32. The fraction of sp³-hybridized carbons (Fsp3) is 0.444. The minimum absolute atomic E-state index is 0.00701. The zero-order chi connectivity index (χ0) is 27.9. The number of aryl methyl sites for hydroxylation is 1. The van der Waals surface area contributed by atoms with Crippen LogP contribution in [-0.4, -0.2) is 80.5 Å². The number of amides is 2. The summed E-state index contributed by atoms with van der Waals surface area (Å²) in [5, 5.41) is 2.84. The average Bonchev–Trinajstić information content (AvgIpc) is 3.44. The normalized spacial score (nSPS) is 15.1. The van der Waals surface area contributed by atoms with E-state index in [1.807, 2.05) is 29.7 Å². The Balaban J connectivity index is 1.46. The zero-order valence-corrected chi connectivity index (χ0v) is 24.1. The number of nitrogens with two attached hydrogens (primary N) is 1. The third kappa shape index (κ3) is 5.72. The molecule has 4 aromatic rings. The maximum absolute atomic E-state index is 13.4. The Hall–Kier alpha value is -3.61. The molecule has 1 saturated heterocycles. The number of hydrogen-bond acceptors (Lipinski definition) is 7. The third-order valence-electron chi connectivity index (χ3n) is 6.90. The van der Waals surface area contributed by atoms with Crippen LogP contribution in [0.3, 0.4) is 0 Å². The van der Waals surface area contributed by atoms with Crippen LogP contribution in [0.25, 0.3) is 28.1 Å². The van der Waals surface area contributed by atoms with Gasteiger partial charge in [-0.05, 0) is 31.5 Å². The van der Waals surface area contributed by atoms with Crippen LogP contribution in [-0.2, 0) is 16.3 Å². The van der Waals surface area contributed by atoms with Crippen molar-refractivity contribution < 1.29 is 14.3 Å². The fourth-order valence-electron chi connectivity index (χ4n) is 4.58. The standard InChI is InChI=1S/C27H36N8O3Si/c1-17-6-7-22-24(30-15-34(22)11-17)21-10-29-25-23(32-21)20(14-35(25)16-38-8-9-39(3,4)5)26(36)31-18(2)27(37)33-12-19(28)13-33/h6-7,10-11,14-15,18-19H,8-9,12-13,16,28H2,1-5H3,(H,31,36)/t18-/m1/s1. The molecule has 5 rings (SSSR count). The number of likely N-dealkylation sites (tertiary alicyclic amines) is 1. The van der Waals surface area contributed by atoms with Crippen LogP contribution in [0, 0.1) is 6.92 Å². The number of pyridine rings is 1. The predicted molar refractivity (Wildman–Crippen MR) is 152 cm³/mol. The molecule has 12 heteroatoms. The molecule has 39 heavy (non-hydrogen) atoms. The zero-order valence-electron chi connectivity index (χ0n) is 23.1. The molecule has 11 nitrogen and oxygen atoms in total. The fourth-order valence-corrected chi connectivity index (χ4v) is 5.34. The van der Waals surface area contributed by atoms with Gasteiger partial charge in [-0.3, -0.25) is 9.59 Å². The average molecular weight is 549 g/mol. The first-order valence-electron chi connectivity index (χ1n) is 13.2. The molecule has 0 bridgehead atoms. The molecule has 0 spiro atoms. The van der Waals surface area contributed by atoms with Gasteiger partial charge in [0.1, 0.15) is 36.0 Å². The molecule has 0 radical (unpaired) electrons. The number of hydrogen-bond donors (Lipinski definition) is 2. The number of ether oxygens (including phenoxy) is 1. The molecule has 4 aromatic heterocycles. The van der Waals surface area contributed by atoms with E-state index in [0.717, 1.165) is 17.1 Å². The van der Waals surface area contributed by atoms with Crippen LogP contribution in [0.2, 0.25) is 25.7 Å². The van der Waals surface area contributed by atoms with E-state index < -0.39 is 20.0 Å². The van der Waals surface area contributed by atoms with Crippen molar-refractivity contribution in [1.82, 2.24) is 34.1 Å². The van der Waals surface area contributed by atoms with E-state index in [4.69, 9.17) is 15.5 Å². The molecule has 0 aliphatic carbocycles. The molecular formula is C27H36N8O3Si. The topological polar surface area (TPSA) is 133 Å². The Morgan fingerprint density at radius 3 is 2.69 bits per heavy atom. The number of fused-ring (bicyclic) bond motifs is 2. The summed E-state index contributed by atoms with van der Waals surface area (Å²) in [6, 6.07) is 4.33. The summed E-state index contributed by atoms with van der Waals surface area (Å²) in [5.41, 5.74) is 10.3. The van der Waals surface area contributed by atoms with Gasteiger partial charge >= 0.3 is 0 Å². The second-order valence-electron chi connectivity index (χ2n) is 11.6. The van der Waals surface area contributed by atoms with Crippen molar-refractivity contribution in [2.75, 3.05) is 19.7 Å². The van der Waals surface area contributed by atoms with E-state index in [1.54, 1.807) is 35.1 Å². The molecule has 1 aliphatic rings. The second kappa shape index (κ2) is 10.5. The molecule has 1 atom stereocenters. The first-order chi connectivity index (χ1) is 18.5. The summed E-state index contributed by atoms with van der Waals surface area (Å²) in [6.45, 7) is 12.5. The van der Waals surface area contributed by atoms with Crippen molar-refractivity contribution in [2.24, 2.45) is 5.73 Å². The largest absolute Gasteiger partial charge is 0.361 e. The van der Waals surface area contributed by atoms with Gasteiger partial charge in [0.2, 0.25) is 5.91 Å². The highest BCUT2D eigenvalue weighted by atomic mass is 28.3. The van der Waals surface area contributed by atoms with Gasteiger partial charge < -0.3 is 29.7 Å². The summed E-state index contributed by atoms with van der Waals surface area (Å²) >= 11 is 0. The molecule has 5 heterocycles. The van der Waals surface area contributed by atoms with Crippen molar-refractivity contribution >= 4 is 36.6 Å². The second-order valence-corrected chi connectivity index (χ2v) is 17.2. The van der Waals surface area contributed by atoms with E-state index in [2.05, 4.69) is 34.9 Å².